The van der Waals surface area contributed by atoms with Gasteiger partial charge in [-0.2, -0.15) is 0 Å². The molecule has 0 spiro atoms. The number of unbranched alkanes of at least 4 members (excludes halogenated alkanes) is 3. The van der Waals surface area contributed by atoms with Gasteiger partial charge in [0.1, 0.15) is 0 Å². The normalized spacial score (nSPS) is 10.3. The van der Waals surface area contributed by atoms with E-state index in [-0.39, 0.29) is 5.91 Å². The maximum Gasteiger partial charge on any atom is 0.224 e. The number of hydrogen-bond donors (Lipinski definition) is 2. The van der Waals surface area contributed by atoms with Crippen molar-refractivity contribution in [2.75, 3.05) is 10.6 Å². The van der Waals surface area contributed by atoms with Gasteiger partial charge in [-0.05, 0) is 48.4 Å². The van der Waals surface area contributed by atoms with Crippen LogP contribution in [0, 0.1) is 0 Å². The largest absolute Gasteiger partial charge is 0.381 e. The number of benzene rings is 1. The first kappa shape index (κ1) is 17.0. The highest BCUT2D eigenvalue weighted by atomic mass is 16.1. The third-order valence-corrected chi connectivity index (χ3v) is 3.67. The van der Waals surface area contributed by atoms with Crippen LogP contribution in [-0.4, -0.2) is 10.9 Å². The monoisotopic (exact) mass is 311 g/mol. The lowest BCUT2D eigenvalue weighted by Crippen LogP contribution is -2.11. The fraction of sp³-hybridized carbons (Fsp3) is 0.368. The van der Waals surface area contributed by atoms with Crippen LogP contribution in [-0.2, 0) is 11.3 Å². The van der Waals surface area contributed by atoms with Crippen LogP contribution in [0.15, 0.2) is 48.8 Å². The van der Waals surface area contributed by atoms with Crippen molar-refractivity contribution >= 4 is 17.3 Å². The highest BCUT2D eigenvalue weighted by molar-refractivity contribution is 5.90. The third-order valence-electron chi connectivity index (χ3n) is 3.67. The highest BCUT2D eigenvalue weighted by Gasteiger charge is 2.02. The number of pyridine rings is 1. The first-order chi connectivity index (χ1) is 11.3. The molecule has 2 rings (SSSR count). The van der Waals surface area contributed by atoms with E-state index in [2.05, 4.69) is 22.5 Å². The minimum atomic E-state index is 0.0959. The Balaban J connectivity index is 1.74. The van der Waals surface area contributed by atoms with Gasteiger partial charge in [-0.1, -0.05) is 26.2 Å². The maximum atomic E-state index is 11.8. The zero-order valence-corrected chi connectivity index (χ0v) is 13.7. The molecular formula is C19H25N3O. The predicted octanol–water partition coefficient (Wildman–Crippen LogP) is 4.60. The molecule has 0 unspecified atom stereocenters. The number of rotatable bonds is 9. The van der Waals surface area contributed by atoms with Crippen LogP contribution in [0.1, 0.15) is 44.6 Å². The summed E-state index contributed by atoms with van der Waals surface area (Å²) in [7, 11) is 0. The van der Waals surface area contributed by atoms with Crippen molar-refractivity contribution in [1.82, 2.24) is 4.98 Å². The van der Waals surface area contributed by atoms with Crippen LogP contribution in [0.3, 0.4) is 0 Å². The molecule has 0 atom stereocenters. The van der Waals surface area contributed by atoms with E-state index in [1.807, 2.05) is 36.4 Å². The molecule has 0 saturated carbocycles. The molecule has 0 aliphatic heterocycles. The molecule has 1 aromatic carbocycles. The topological polar surface area (TPSA) is 54.0 Å². The molecule has 23 heavy (non-hydrogen) atoms. The number of carbonyl (C=O) groups is 1. The molecule has 1 heterocycles. The van der Waals surface area contributed by atoms with E-state index in [0.717, 1.165) is 30.8 Å². The van der Waals surface area contributed by atoms with Crippen molar-refractivity contribution in [2.24, 2.45) is 0 Å². The Morgan fingerprint density at radius 2 is 1.65 bits per heavy atom. The molecule has 0 aliphatic rings. The predicted molar refractivity (Wildman–Crippen MR) is 95.4 cm³/mol. The van der Waals surface area contributed by atoms with E-state index >= 15 is 0 Å². The van der Waals surface area contributed by atoms with Crippen LogP contribution in [0.4, 0.5) is 11.4 Å². The minimum Gasteiger partial charge on any atom is -0.381 e. The van der Waals surface area contributed by atoms with Gasteiger partial charge in [-0.25, -0.2) is 0 Å². The van der Waals surface area contributed by atoms with Crippen molar-refractivity contribution < 1.29 is 4.79 Å². The summed E-state index contributed by atoms with van der Waals surface area (Å²) in [4.78, 5) is 15.8. The fourth-order valence-corrected chi connectivity index (χ4v) is 2.31. The summed E-state index contributed by atoms with van der Waals surface area (Å²) in [5.74, 6) is 0.0959. The van der Waals surface area contributed by atoms with Crippen molar-refractivity contribution in [3.63, 3.8) is 0 Å². The van der Waals surface area contributed by atoms with E-state index in [1.54, 1.807) is 12.4 Å². The Hall–Kier alpha value is -2.36. The number of amides is 1. The quantitative estimate of drug-likeness (QED) is 0.665. The molecule has 2 aromatic rings. The van der Waals surface area contributed by atoms with Crippen LogP contribution >= 0.6 is 0 Å². The van der Waals surface area contributed by atoms with Gasteiger partial charge in [-0.3, -0.25) is 9.78 Å². The second-order valence-corrected chi connectivity index (χ2v) is 5.65. The molecule has 0 radical (unpaired) electrons. The number of nitrogens with zero attached hydrogens (tertiary/aromatic N) is 1. The number of nitrogens with one attached hydrogen (secondary N) is 2. The smallest absolute Gasteiger partial charge is 0.224 e. The van der Waals surface area contributed by atoms with Crippen LogP contribution in [0.25, 0.3) is 0 Å². The number of hydrogen-bond acceptors (Lipinski definition) is 3. The number of carbonyl (C=O) groups excluding carboxylic acids is 1. The Kier molecular flexibility index (Phi) is 7.11. The average Bonchev–Trinajstić information content (AvgIpc) is 2.59. The van der Waals surface area contributed by atoms with Crippen molar-refractivity contribution in [3.05, 3.63) is 54.4 Å². The van der Waals surface area contributed by atoms with Gasteiger partial charge in [-0.15, -0.1) is 0 Å². The van der Waals surface area contributed by atoms with Crippen molar-refractivity contribution in [2.45, 2.75) is 45.6 Å². The van der Waals surface area contributed by atoms with Gasteiger partial charge in [0.15, 0.2) is 0 Å². The van der Waals surface area contributed by atoms with Gasteiger partial charge in [0.05, 0.1) is 0 Å². The first-order valence-corrected chi connectivity index (χ1v) is 8.30. The summed E-state index contributed by atoms with van der Waals surface area (Å²) in [6, 6.07) is 11.8. The molecule has 2 N–H and O–H groups in total. The maximum absolute atomic E-state index is 11.8. The van der Waals surface area contributed by atoms with E-state index in [9.17, 15) is 4.79 Å². The van der Waals surface area contributed by atoms with Gasteiger partial charge >= 0.3 is 0 Å². The number of anilines is 2. The zero-order valence-electron chi connectivity index (χ0n) is 13.7. The van der Waals surface area contributed by atoms with Gasteiger partial charge in [0.25, 0.3) is 0 Å². The van der Waals surface area contributed by atoms with Crippen LogP contribution in [0.2, 0.25) is 0 Å². The molecular weight excluding hydrogens is 286 g/mol. The second kappa shape index (κ2) is 9.62. The van der Waals surface area contributed by atoms with Crippen molar-refractivity contribution in [3.8, 4) is 0 Å². The molecule has 1 amide bonds. The van der Waals surface area contributed by atoms with Gasteiger partial charge in [0, 0.05) is 36.7 Å². The molecule has 0 bridgehead atoms. The average molecular weight is 311 g/mol. The van der Waals surface area contributed by atoms with E-state index < -0.39 is 0 Å². The molecule has 0 saturated heterocycles. The summed E-state index contributed by atoms with van der Waals surface area (Å²) in [6.45, 7) is 2.93. The third kappa shape index (κ3) is 6.51. The summed E-state index contributed by atoms with van der Waals surface area (Å²) in [5.41, 5.74) is 3.06. The van der Waals surface area contributed by atoms with E-state index in [1.165, 1.54) is 18.4 Å². The first-order valence-electron chi connectivity index (χ1n) is 8.30. The van der Waals surface area contributed by atoms with Crippen molar-refractivity contribution in [1.29, 1.82) is 0 Å². The fourth-order valence-electron chi connectivity index (χ4n) is 2.31. The zero-order chi connectivity index (χ0) is 16.3. The Bertz CT molecular complexity index is 581. The Morgan fingerprint density at radius 1 is 0.957 bits per heavy atom. The SMILES string of the molecule is CCCCCCC(=O)Nc1ccc(NCc2ccncc2)cc1. The van der Waals surface area contributed by atoms with Crippen LogP contribution < -0.4 is 10.6 Å². The van der Waals surface area contributed by atoms with Crippen LogP contribution in [0.5, 0.6) is 0 Å². The van der Waals surface area contributed by atoms with Gasteiger partial charge in [0.2, 0.25) is 5.91 Å². The lowest BCUT2D eigenvalue weighted by Gasteiger charge is -2.09. The Morgan fingerprint density at radius 3 is 2.35 bits per heavy atom. The summed E-state index contributed by atoms with van der Waals surface area (Å²) < 4.78 is 0. The van der Waals surface area contributed by atoms with E-state index in [4.69, 9.17) is 0 Å². The second-order valence-electron chi connectivity index (χ2n) is 5.65. The molecule has 122 valence electrons. The summed E-state index contributed by atoms with van der Waals surface area (Å²) in [6.07, 6.45) is 8.65. The molecule has 0 aliphatic carbocycles. The molecule has 4 nitrogen and oxygen atoms in total. The van der Waals surface area contributed by atoms with Gasteiger partial charge < -0.3 is 10.6 Å². The summed E-state index contributed by atoms with van der Waals surface area (Å²) in [5, 5.41) is 6.29. The number of aromatic nitrogens is 1. The standard InChI is InChI=1S/C19H25N3O/c1-2-3-4-5-6-19(23)22-18-9-7-17(8-10-18)21-15-16-11-13-20-14-12-16/h7-14,21H,2-6,15H2,1H3,(H,22,23). The minimum absolute atomic E-state index is 0.0959. The lowest BCUT2D eigenvalue weighted by atomic mass is 10.1. The molecule has 0 fully saturated rings. The molecule has 1 aromatic heterocycles. The molecule has 4 heteroatoms. The lowest BCUT2D eigenvalue weighted by molar-refractivity contribution is -0.116. The summed E-state index contributed by atoms with van der Waals surface area (Å²) >= 11 is 0. The highest BCUT2D eigenvalue weighted by Crippen LogP contribution is 2.15. The van der Waals surface area contributed by atoms with E-state index in [0.29, 0.717) is 6.42 Å². The Labute approximate surface area is 138 Å².